The highest BCUT2D eigenvalue weighted by molar-refractivity contribution is 6.30. The number of nitrogens with zero attached hydrogens (tertiary/aromatic N) is 1. The molecule has 1 heterocycles. The maximum absolute atomic E-state index is 13.8. The van der Waals surface area contributed by atoms with Gasteiger partial charge in [0.15, 0.2) is 5.69 Å². The van der Waals surface area contributed by atoms with Gasteiger partial charge in [-0.25, -0.2) is 9.78 Å². The van der Waals surface area contributed by atoms with Crippen molar-refractivity contribution in [2.45, 2.75) is 40.3 Å². The van der Waals surface area contributed by atoms with Gasteiger partial charge in [0, 0.05) is 10.6 Å². The van der Waals surface area contributed by atoms with Gasteiger partial charge in [0.2, 0.25) is 0 Å². The minimum atomic E-state index is -4.79. The molecule has 0 atom stereocenters. The number of carbonyl (C=O) groups is 1. The quantitative estimate of drug-likeness (QED) is 0.570. The van der Waals surface area contributed by atoms with E-state index >= 15 is 0 Å². The molecule has 0 N–H and O–H groups in total. The van der Waals surface area contributed by atoms with Crippen LogP contribution in [0.2, 0.25) is 5.02 Å². The first-order valence-electron chi connectivity index (χ1n) is 8.60. The molecule has 7 heteroatoms. The molecule has 2 rings (SSSR count). The van der Waals surface area contributed by atoms with Crippen LogP contribution in [0.4, 0.5) is 13.2 Å². The smallest absolute Gasteiger partial charge is 0.434 e. The molecule has 3 nitrogen and oxygen atoms in total. The molecule has 1 aromatic carbocycles. The molecule has 2 aromatic rings. The van der Waals surface area contributed by atoms with Crippen molar-refractivity contribution in [3.63, 3.8) is 0 Å². The number of esters is 1. The Bertz CT molecular complexity index is 831. The fraction of sp³-hybridized carbons (Fsp3) is 0.400. The molecule has 1 aromatic heterocycles. The molecule has 146 valence electrons. The summed E-state index contributed by atoms with van der Waals surface area (Å²) in [6.45, 7) is 6.97. The van der Waals surface area contributed by atoms with Gasteiger partial charge < -0.3 is 4.74 Å². The molecule has 0 aliphatic rings. The normalized spacial score (nSPS) is 11.7. The van der Waals surface area contributed by atoms with E-state index in [2.05, 4.69) is 4.98 Å². The number of halogens is 4. The van der Waals surface area contributed by atoms with Gasteiger partial charge in [-0.15, -0.1) is 0 Å². The van der Waals surface area contributed by atoms with Crippen LogP contribution in [-0.2, 0) is 17.3 Å². The lowest BCUT2D eigenvalue weighted by Crippen LogP contribution is -2.22. The van der Waals surface area contributed by atoms with Crippen molar-refractivity contribution in [3.8, 4) is 11.3 Å². The van der Waals surface area contributed by atoms with Gasteiger partial charge in [-0.3, -0.25) is 0 Å². The Morgan fingerprint density at radius 1 is 1.22 bits per heavy atom. The van der Waals surface area contributed by atoms with E-state index < -0.39 is 23.4 Å². The van der Waals surface area contributed by atoms with Crippen molar-refractivity contribution in [2.75, 3.05) is 6.61 Å². The largest absolute Gasteiger partial charge is 0.462 e. The molecule has 0 spiro atoms. The predicted octanol–water partition coefficient (Wildman–Crippen LogP) is 6.10. The first-order valence-corrected chi connectivity index (χ1v) is 8.97. The summed E-state index contributed by atoms with van der Waals surface area (Å²) in [4.78, 5) is 16.2. The lowest BCUT2D eigenvalue weighted by atomic mass is 9.90. The maximum Gasteiger partial charge on any atom is 0.434 e. The summed E-state index contributed by atoms with van der Waals surface area (Å²) in [5.41, 5.74) is -0.177. The van der Waals surface area contributed by atoms with E-state index in [1.54, 1.807) is 38.1 Å². The Labute approximate surface area is 161 Å². The number of alkyl halides is 3. The van der Waals surface area contributed by atoms with Crippen LogP contribution < -0.4 is 0 Å². The van der Waals surface area contributed by atoms with Crippen LogP contribution in [0.5, 0.6) is 0 Å². The third kappa shape index (κ3) is 4.80. The summed E-state index contributed by atoms with van der Waals surface area (Å²) in [5, 5.41) is 0.470. The fourth-order valence-corrected chi connectivity index (χ4v) is 3.03. The summed E-state index contributed by atoms with van der Waals surface area (Å²) >= 11 is 5.88. The molecule has 27 heavy (non-hydrogen) atoms. The number of pyridine rings is 1. The Morgan fingerprint density at radius 3 is 2.30 bits per heavy atom. The summed E-state index contributed by atoms with van der Waals surface area (Å²) in [6.07, 6.45) is -4.49. The SMILES string of the molecule is CCOC(=O)c1c(C(F)(F)F)nc(-c2ccc(Cl)cc2)c(C)c1CC(C)C. The molecule has 0 radical (unpaired) electrons. The van der Waals surface area contributed by atoms with Gasteiger partial charge in [-0.05, 0) is 49.4 Å². The zero-order valence-corrected chi connectivity index (χ0v) is 16.3. The first-order chi connectivity index (χ1) is 12.6. The third-order valence-electron chi connectivity index (χ3n) is 4.05. The van der Waals surface area contributed by atoms with E-state index in [4.69, 9.17) is 16.3 Å². The topological polar surface area (TPSA) is 39.2 Å². The van der Waals surface area contributed by atoms with Crippen LogP contribution in [0.3, 0.4) is 0 Å². The van der Waals surface area contributed by atoms with Crippen molar-refractivity contribution in [1.29, 1.82) is 0 Å². The molecular formula is C20H21ClF3NO2. The standard InChI is InChI=1S/C20H21ClF3NO2/c1-5-27-19(26)16-15(10-11(2)3)12(4)17(25-18(16)20(22,23)24)13-6-8-14(21)9-7-13/h6-9,11H,5,10H2,1-4H3. The summed E-state index contributed by atoms with van der Waals surface area (Å²) in [6, 6.07) is 6.40. The van der Waals surface area contributed by atoms with E-state index in [9.17, 15) is 18.0 Å². The number of rotatable bonds is 5. The number of benzene rings is 1. The predicted molar refractivity (Wildman–Crippen MR) is 98.9 cm³/mol. The highest BCUT2D eigenvalue weighted by Gasteiger charge is 2.40. The van der Waals surface area contributed by atoms with E-state index in [1.807, 2.05) is 13.8 Å². The monoisotopic (exact) mass is 399 g/mol. The van der Waals surface area contributed by atoms with Crippen LogP contribution >= 0.6 is 11.6 Å². The fourth-order valence-electron chi connectivity index (χ4n) is 2.91. The van der Waals surface area contributed by atoms with Crippen LogP contribution in [0, 0.1) is 12.8 Å². The van der Waals surface area contributed by atoms with Gasteiger partial charge in [-0.1, -0.05) is 37.6 Å². The zero-order valence-electron chi connectivity index (χ0n) is 15.6. The minimum Gasteiger partial charge on any atom is -0.462 e. The van der Waals surface area contributed by atoms with Crippen molar-refractivity contribution < 1.29 is 22.7 Å². The summed E-state index contributed by atoms with van der Waals surface area (Å²) < 4.78 is 46.2. The van der Waals surface area contributed by atoms with Gasteiger partial charge in [-0.2, -0.15) is 13.2 Å². The number of ether oxygens (including phenoxy) is 1. The number of carbonyl (C=O) groups excluding carboxylic acids is 1. The lowest BCUT2D eigenvalue weighted by Gasteiger charge is -2.21. The van der Waals surface area contributed by atoms with Crippen molar-refractivity contribution in [2.24, 2.45) is 5.92 Å². The van der Waals surface area contributed by atoms with Gasteiger partial charge >= 0.3 is 12.1 Å². The van der Waals surface area contributed by atoms with E-state index in [0.717, 1.165) is 0 Å². The average molecular weight is 400 g/mol. The van der Waals surface area contributed by atoms with Crippen LogP contribution in [0.1, 0.15) is 48.0 Å². The average Bonchev–Trinajstić information content (AvgIpc) is 2.56. The first kappa shape index (κ1) is 21.2. The molecule has 0 saturated carbocycles. The van der Waals surface area contributed by atoms with Crippen molar-refractivity contribution in [3.05, 3.63) is 51.7 Å². The lowest BCUT2D eigenvalue weighted by molar-refractivity contribution is -0.141. The Kier molecular flexibility index (Phi) is 6.52. The van der Waals surface area contributed by atoms with Crippen molar-refractivity contribution in [1.82, 2.24) is 4.98 Å². The minimum absolute atomic E-state index is 0.0186. The van der Waals surface area contributed by atoms with Gasteiger partial charge in [0.05, 0.1) is 17.9 Å². The van der Waals surface area contributed by atoms with E-state index in [0.29, 0.717) is 28.1 Å². The highest BCUT2D eigenvalue weighted by atomic mass is 35.5. The molecule has 0 fully saturated rings. The molecule has 0 saturated heterocycles. The molecule has 0 amide bonds. The summed E-state index contributed by atoms with van der Waals surface area (Å²) in [7, 11) is 0. The van der Waals surface area contributed by atoms with Gasteiger partial charge in [0.25, 0.3) is 0 Å². The van der Waals surface area contributed by atoms with E-state index in [1.165, 1.54) is 0 Å². The Balaban J connectivity index is 2.85. The second-order valence-corrected chi connectivity index (χ2v) is 7.05. The molecule has 0 aliphatic carbocycles. The van der Waals surface area contributed by atoms with E-state index in [-0.39, 0.29) is 18.2 Å². The second kappa shape index (κ2) is 8.30. The van der Waals surface area contributed by atoms with Crippen molar-refractivity contribution >= 4 is 17.6 Å². The maximum atomic E-state index is 13.8. The number of aromatic nitrogens is 1. The molecular weight excluding hydrogens is 379 g/mol. The second-order valence-electron chi connectivity index (χ2n) is 6.61. The van der Waals surface area contributed by atoms with Crippen LogP contribution in [0.15, 0.2) is 24.3 Å². The van der Waals surface area contributed by atoms with Crippen LogP contribution in [0.25, 0.3) is 11.3 Å². The van der Waals surface area contributed by atoms with Gasteiger partial charge in [0.1, 0.15) is 0 Å². The Hall–Kier alpha value is -2.08. The summed E-state index contributed by atoms with van der Waals surface area (Å²) in [5.74, 6) is -0.961. The Morgan fingerprint density at radius 2 is 1.81 bits per heavy atom. The van der Waals surface area contributed by atoms with Crippen LogP contribution in [-0.4, -0.2) is 17.6 Å². The molecule has 0 aliphatic heterocycles. The zero-order chi connectivity index (χ0) is 20.4. The third-order valence-corrected chi connectivity index (χ3v) is 4.30. The number of hydrogen-bond acceptors (Lipinski definition) is 3. The molecule has 0 unspecified atom stereocenters. The highest BCUT2D eigenvalue weighted by Crippen LogP contribution is 2.38. The molecule has 0 bridgehead atoms. The number of hydrogen-bond donors (Lipinski definition) is 0.